The summed E-state index contributed by atoms with van der Waals surface area (Å²) in [5, 5.41) is 2.49. The van der Waals surface area contributed by atoms with E-state index in [9.17, 15) is 17.6 Å². The zero-order chi connectivity index (χ0) is 16.2. The highest BCUT2D eigenvalue weighted by Gasteiger charge is 2.27. The summed E-state index contributed by atoms with van der Waals surface area (Å²) < 4.78 is 44.0. The van der Waals surface area contributed by atoms with Gasteiger partial charge < -0.3 is 10.1 Å². The van der Waals surface area contributed by atoms with Gasteiger partial charge in [0.05, 0.1) is 18.5 Å². The Morgan fingerprint density at radius 2 is 2.27 bits per heavy atom. The number of ether oxygens (including phenoxy) is 1. The normalized spacial score (nSPS) is 19.8. The van der Waals surface area contributed by atoms with E-state index >= 15 is 0 Å². The van der Waals surface area contributed by atoms with Crippen LogP contribution in [-0.4, -0.2) is 56.7 Å². The average Bonchev–Trinajstić information content (AvgIpc) is 2.47. The Kier molecular flexibility index (Phi) is 5.49. The number of morpholine rings is 1. The van der Waals surface area contributed by atoms with E-state index in [0.29, 0.717) is 19.7 Å². The van der Waals surface area contributed by atoms with Crippen molar-refractivity contribution in [2.24, 2.45) is 0 Å². The Hall–Kier alpha value is -1.51. The zero-order valence-corrected chi connectivity index (χ0v) is 13.1. The standard InChI is InChI=1S/C14H19FN2O4S/c1-11-10-17(6-7-21-11)22(19,20)8-5-16-14(18)12-3-2-4-13(15)9-12/h2-4,9,11H,5-8,10H2,1H3,(H,16,18). The molecule has 6 nitrogen and oxygen atoms in total. The number of rotatable bonds is 5. The van der Waals surface area contributed by atoms with Crippen molar-refractivity contribution in [3.63, 3.8) is 0 Å². The van der Waals surface area contributed by atoms with Gasteiger partial charge in [0, 0.05) is 25.2 Å². The molecule has 1 heterocycles. The van der Waals surface area contributed by atoms with Gasteiger partial charge >= 0.3 is 0 Å². The van der Waals surface area contributed by atoms with E-state index < -0.39 is 21.7 Å². The Morgan fingerprint density at radius 3 is 2.95 bits per heavy atom. The fourth-order valence-corrected chi connectivity index (χ4v) is 3.60. The average molecular weight is 330 g/mol. The molecule has 1 aliphatic heterocycles. The monoisotopic (exact) mass is 330 g/mol. The maximum Gasteiger partial charge on any atom is 0.251 e. The van der Waals surface area contributed by atoms with Crippen LogP contribution in [0.4, 0.5) is 4.39 Å². The second kappa shape index (κ2) is 7.17. The van der Waals surface area contributed by atoms with Crippen LogP contribution in [0.2, 0.25) is 0 Å². The summed E-state index contributed by atoms with van der Waals surface area (Å²) in [6.07, 6.45) is -0.134. The molecule has 1 amide bonds. The lowest BCUT2D eigenvalue weighted by Crippen LogP contribution is -2.46. The number of carbonyl (C=O) groups excluding carboxylic acids is 1. The van der Waals surface area contributed by atoms with Crippen molar-refractivity contribution in [3.05, 3.63) is 35.6 Å². The number of carbonyl (C=O) groups is 1. The molecule has 0 saturated carbocycles. The molecule has 0 spiro atoms. The van der Waals surface area contributed by atoms with Crippen molar-refractivity contribution in [2.75, 3.05) is 32.0 Å². The van der Waals surface area contributed by atoms with Gasteiger partial charge in [-0.25, -0.2) is 12.8 Å². The van der Waals surface area contributed by atoms with Gasteiger partial charge in [0.1, 0.15) is 5.82 Å². The van der Waals surface area contributed by atoms with Crippen molar-refractivity contribution >= 4 is 15.9 Å². The molecule has 1 unspecified atom stereocenters. The molecule has 0 radical (unpaired) electrons. The second-order valence-electron chi connectivity index (χ2n) is 5.12. The van der Waals surface area contributed by atoms with Gasteiger partial charge in [-0.2, -0.15) is 4.31 Å². The minimum Gasteiger partial charge on any atom is -0.376 e. The summed E-state index contributed by atoms with van der Waals surface area (Å²) in [5.41, 5.74) is 0.164. The number of benzene rings is 1. The molecule has 122 valence electrons. The first-order chi connectivity index (χ1) is 10.4. The number of amides is 1. The van der Waals surface area contributed by atoms with E-state index in [-0.39, 0.29) is 24.0 Å². The fraction of sp³-hybridized carbons (Fsp3) is 0.500. The first-order valence-corrected chi connectivity index (χ1v) is 8.62. The maximum atomic E-state index is 13.0. The quantitative estimate of drug-likeness (QED) is 0.858. The van der Waals surface area contributed by atoms with Crippen LogP contribution in [0.1, 0.15) is 17.3 Å². The summed E-state index contributed by atoms with van der Waals surface area (Å²) >= 11 is 0. The van der Waals surface area contributed by atoms with Crippen LogP contribution < -0.4 is 5.32 Å². The number of hydrogen-bond acceptors (Lipinski definition) is 4. The first-order valence-electron chi connectivity index (χ1n) is 7.02. The van der Waals surface area contributed by atoms with Gasteiger partial charge in [-0.1, -0.05) is 6.07 Å². The van der Waals surface area contributed by atoms with E-state index in [0.717, 1.165) is 6.07 Å². The minimum atomic E-state index is -3.44. The third-order valence-electron chi connectivity index (χ3n) is 3.33. The van der Waals surface area contributed by atoms with Crippen LogP contribution in [-0.2, 0) is 14.8 Å². The van der Waals surface area contributed by atoms with Crippen LogP contribution in [0.15, 0.2) is 24.3 Å². The smallest absolute Gasteiger partial charge is 0.251 e. The van der Waals surface area contributed by atoms with Gasteiger partial charge in [0.2, 0.25) is 10.0 Å². The second-order valence-corrected chi connectivity index (χ2v) is 7.21. The highest BCUT2D eigenvalue weighted by Crippen LogP contribution is 2.10. The van der Waals surface area contributed by atoms with Crippen molar-refractivity contribution in [1.82, 2.24) is 9.62 Å². The molecule has 1 aromatic carbocycles. The Morgan fingerprint density at radius 1 is 1.50 bits per heavy atom. The molecular weight excluding hydrogens is 311 g/mol. The summed E-state index contributed by atoms with van der Waals surface area (Å²) in [6.45, 7) is 2.80. The molecule has 1 atom stereocenters. The predicted octanol–water partition coefficient (Wildman–Crippen LogP) is 0.606. The maximum absolute atomic E-state index is 13.0. The number of sulfonamides is 1. The van der Waals surface area contributed by atoms with Crippen LogP contribution in [0, 0.1) is 5.82 Å². The van der Waals surface area contributed by atoms with Crippen molar-refractivity contribution < 1.29 is 22.3 Å². The number of hydrogen-bond donors (Lipinski definition) is 1. The van der Waals surface area contributed by atoms with E-state index in [1.165, 1.54) is 22.5 Å². The number of nitrogens with one attached hydrogen (secondary N) is 1. The van der Waals surface area contributed by atoms with Gasteiger partial charge in [-0.05, 0) is 25.1 Å². The van der Waals surface area contributed by atoms with E-state index in [1.807, 2.05) is 6.92 Å². The van der Waals surface area contributed by atoms with Crippen molar-refractivity contribution in [3.8, 4) is 0 Å². The minimum absolute atomic E-state index is 0.0244. The van der Waals surface area contributed by atoms with E-state index in [4.69, 9.17) is 4.74 Å². The molecule has 22 heavy (non-hydrogen) atoms. The SMILES string of the molecule is CC1CN(S(=O)(=O)CCNC(=O)c2cccc(F)c2)CCO1. The zero-order valence-electron chi connectivity index (χ0n) is 12.3. The third kappa shape index (κ3) is 4.49. The predicted molar refractivity (Wildman–Crippen MR) is 79.5 cm³/mol. The van der Waals surface area contributed by atoms with Crippen LogP contribution in [0.5, 0.6) is 0 Å². The molecule has 0 aromatic heterocycles. The van der Waals surface area contributed by atoms with Crippen LogP contribution >= 0.6 is 0 Å². The lowest BCUT2D eigenvalue weighted by molar-refractivity contribution is 0.0102. The lowest BCUT2D eigenvalue weighted by atomic mass is 10.2. The molecule has 0 bridgehead atoms. The highest BCUT2D eigenvalue weighted by atomic mass is 32.2. The summed E-state index contributed by atoms with van der Waals surface area (Å²) in [7, 11) is -3.44. The summed E-state index contributed by atoms with van der Waals surface area (Å²) in [4.78, 5) is 11.8. The first kappa shape index (κ1) is 16.9. The summed E-state index contributed by atoms with van der Waals surface area (Å²) in [6, 6.07) is 5.24. The molecule has 2 rings (SSSR count). The van der Waals surface area contributed by atoms with E-state index in [1.54, 1.807) is 0 Å². The molecule has 8 heteroatoms. The van der Waals surface area contributed by atoms with Gasteiger partial charge in [-0.15, -0.1) is 0 Å². The number of halogens is 1. The van der Waals surface area contributed by atoms with Crippen molar-refractivity contribution in [2.45, 2.75) is 13.0 Å². The molecule has 1 aromatic rings. The van der Waals surface area contributed by atoms with Gasteiger partial charge in [-0.3, -0.25) is 4.79 Å². The number of nitrogens with zero attached hydrogens (tertiary/aromatic N) is 1. The molecule has 1 N–H and O–H groups in total. The summed E-state index contributed by atoms with van der Waals surface area (Å²) in [5.74, 6) is -1.20. The van der Waals surface area contributed by atoms with E-state index in [2.05, 4.69) is 5.32 Å². The molecular formula is C14H19FN2O4S. The molecule has 1 saturated heterocycles. The fourth-order valence-electron chi connectivity index (χ4n) is 2.19. The van der Waals surface area contributed by atoms with Crippen LogP contribution in [0.3, 0.4) is 0 Å². The molecule has 1 fully saturated rings. The Balaban J connectivity index is 1.86. The molecule has 1 aliphatic rings. The van der Waals surface area contributed by atoms with Crippen LogP contribution in [0.25, 0.3) is 0 Å². The Labute approximate surface area is 129 Å². The molecule has 0 aliphatic carbocycles. The Bertz CT molecular complexity index is 635. The van der Waals surface area contributed by atoms with Gasteiger partial charge in [0.15, 0.2) is 0 Å². The highest BCUT2D eigenvalue weighted by molar-refractivity contribution is 7.89. The lowest BCUT2D eigenvalue weighted by Gasteiger charge is -2.30. The van der Waals surface area contributed by atoms with Crippen molar-refractivity contribution in [1.29, 1.82) is 0 Å². The third-order valence-corrected chi connectivity index (χ3v) is 5.17. The largest absolute Gasteiger partial charge is 0.376 e. The topological polar surface area (TPSA) is 75.7 Å². The van der Waals surface area contributed by atoms with Gasteiger partial charge in [0.25, 0.3) is 5.91 Å².